The van der Waals surface area contributed by atoms with Gasteiger partial charge >= 0.3 is 278 Å². The Labute approximate surface area is 277 Å². The molecule has 222 valence electrons. The first kappa shape index (κ1) is 26.8. The third-order valence-corrected chi connectivity index (χ3v) is 12.0. The van der Waals surface area contributed by atoms with Crippen LogP contribution in [0.3, 0.4) is 0 Å². The second kappa shape index (κ2) is 9.82. The fourth-order valence-corrected chi connectivity index (χ4v) is 9.86. The second-order valence-corrected chi connectivity index (χ2v) is 15.0. The van der Waals surface area contributed by atoms with Gasteiger partial charge in [-0.2, -0.15) is 0 Å². The van der Waals surface area contributed by atoms with E-state index < -0.39 is 0 Å². The molecule has 0 atom stereocenters. The van der Waals surface area contributed by atoms with Gasteiger partial charge in [0.25, 0.3) is 0 Å². The van der Waals surface area contributed by atoms with Crippen LogP contribution in [0.2, 0.25) is 0 Å². The maximum atomic E-state index is 6.33. The Kier molecular flexibility index (Phi) is 5.61. The fourth-order valence-electron chi connectivity index (χ4n) is 7.41. The van der Waals surface area contributed by atoms with Crippen molar-refractivity contribution in [3.63, 3.8) is 0 Å². The van der Waals surface area contributed by atoms with Crippen molar-refractivity contribution in [2.75, 3.05) is 0 Å². The van der Waals surface area contributed by atoms with Gasteiger partial charge in [0.2, 0.25) is 0 Å². The van der Waals surface area contributed by atoms with Crippen LogP contribution in [0, 0.1) is 0 Å². The van der Waals surface area contributed by atoms with E-state index in [2.05, 4.69) is 111 Å². The van der Waals surface area contributed by atoms with Crippen LogP contribution in [-0.2, 0) is 5.41 Å². The van der Waals surface area contributed by atoms with E-state index in [1.54, 1.807) is 0 Å². The number of nitrogens with zero attached hydrogens (tertiary/aromatic N) is 3. The Morgan fingerprint density at radius 1 is 0.553 bits per heavy atom. The molecular formula is C42H27N3OSe. The van der Waals surface area contributed by atoms with Crippen LogP contribution in [0.1, 0.15) is 25.1 Å². The molecule has 6 aromatic carbocycles. The molecule has 0 radical (unpaired) electrons. The van der Waals surface area contributed by atoms with Gasteiger partial charge in [0.05, 0.1) is 0 Å². The summed E-state index contributed by atoms with van der Waals surface area (Å²) in [5, 5.41) is 4.84. The maximum absolute atomic E-state index is 6.33. The number of hydrogen-bond acceptors (Lipinski definition) is 4. The van der Waals surface area contributed by atoms with Crippen LogP contribution in [-0.4, -0.2) is 29.5 Å². The Morgan fingerprint density at radius 3 is 2.06 bits per heavy atom. The Bertz CT molecular complexity index is 2710. The van der Waals surface area contributed by atoms with Crippen LogP contribution < -0.4 is 0 Å². The van der Waals surface area contributed by atoms with Crippen molar-refractivity contribution in [3.05, 3.63) is 139 Å². The average molecular weight is 669 g/mol. The van der Waals surface area contributed by atoms with Crippen molar-refractivity contribution in [3.8, 4) is 45.2 Å². The quantitative estimate of drug-likeness (QED) is 0.176. The molecule has 0 N–H and O–H groups in total. The van der Waals surface area contributed by atoms with Crippen molar-refractivity contribution in [1.82, 2.24) is 15.0 Å². The molecule has 0 saturated carbocycles. The first-order chi connectivity index (χ1) is 23.1. The van der Waals surface area contributed by atoms with Crippen LogP contribution in [0.4, 0.5) is 0 Å². The van der Waals surface area contributed by atoms with Gasteiger partial charge in [-0.3, -0.25) is 0 Å². The van der Waals surface area contributed by atoms with Crippen molar-refractivity contribution >= 4 is 55.7 Å². The molecule has 0 amide bonds. The summed E-state index contributed by atoms with van der Waals surface area (Å²) >= 11 is 0.0933. The zero-order valence-electron chi connectivity index (χ0n) is 25.8. The van der Waals surface area contributed by atoms with Gasteiger partial charge < -0.3 is 0 Å². The number of hydrogen-bond donors (Lipinski definition) is 0. The average Bonchev–Trinajstić information content (AvgIpc) is 3.79. The van der Waals surface area contributed by atoms with Gasteiger partial charge in [0.1, 0.15) is 0 Å². The first-order valence-electron chi connectivity index (χ1n) is 15.9. The third-order valence-electron chi connectivity index (χ3n) is 9.67. The van der Waals surface area contributed by atoms with E-state index in [4.69, 9.17) is 19.4 Å². The molecular weight excluding hydrogens is 641 g/mol. The monoisotopic (exact) mass is 669 g/mol. The predicted molar refractivity (Wildman–Crippen MR) is 193 cm³/mol. The molecule has 3 aromatic heterocycles. The minimum absolute atomic E-state index is 0.0933. The Balaban J connectivity index is 1.29. The van der Waals surface area contributed by atoms with Crippen LogP contribution >= 0.6 is 0 Å². The van der Waals surface area contributed by atoms with E-state index in [0.29, 0.717) is 5.89 Å². The van der Waals surface area contributed by atoms with E-state index in [0.717, 1.165) is 50.6 Å². The molecule has 3 heterocycles. The molecule has 47 heavy (non-hydrogen) atoms. The van der Waals surface area contributed by atoms with Gasteiger partial charge in [0.15, 0.2) is 0 Å². The number of benzene rings is 6. The molecule has 9 aromatic rings. The van der Waals surface area contributed by atoms with Gasteiger partial charge in [-0.25, -0.2) is 0 Å². The van der Waals surface area contributed by atoms with E-state index >= 15 is 0 Å². The molecule has 1 aliphatic rings. The van der Waals surface area contributed by atoms with E-state index in [1.807, 2.05) is 30.3 Å². The SMILES string of the molecule is CC1(C)c2ccccc2-c2nc(-c3ccccc3)c(-c3cc4[se]c5ccc6oc(-c7ccccc7)nc6c5c4c4ccccc34)nc21. The van der Waals surface area contributed by atoms with Crippen LogP contribution in [0.15, 0.2) is 132 Å². The summed E-state index contributed by atoms with van der Waals surface area (Å²) < 4.78 is 8.99. The summed E-state index contributed by atoms with van der Waals surface area (Å²) in [7, 11) is 0. The number of oxazole rings is 1. The van der Waals surface area contributed by atoms with Gasteiger partial charge in [0, 0.05) is 0 Å². The van der Waals surface area contributed by atoms with Crippen molar-refractivity contribution in [2.45, 2.75) is 19.3 Å². The van der Waals surface area contributed by atoms with Crippen LogP contribution in [0.25, 0.3) is 86.4 Å². The molecule has 0 unspecified atom stereocenters. The second-order valence-electron chi connectivity index (χ2n) is 12.8. The number of rotatable bonds is 3. The number of fused-ring (bicyclic) bond motifs is 10. The molecule has 0 bridgehead atoms. The molecule has 5 heteroatoms. The molecule has 0 aliphatic heterocycles. The third kappa shape index (κ3) is 3.85. The molecule has 0 saturated heterocycles. The van der Waals surface area contributed by atoms with Crippen molar-refractivity contribution in [1.29, 1.82) is 0 Å². The van der Waals surface area contributed by atoms with Gasteiger partial charge in [-0.15, -0.1) is 0 Å². The topological polar surface area (TPSA) is 51.8 Å². The van der Waals surface area contributed by atoms with E-state index in [9.17, 15) is 0 Å². The van der Waals surface area contributed by atoms with E-state index in [-0.39, 0.29) is 19.9 Å². The van der Waals surface area contributed by atoms with E-state index in [1.165, 1.54) is 41.2 Å². The summed E-state index contributed by atoms with van der Waals surface area (Å²) in [6.07, 6.45) is 0. The minimum atomic E-state index is -0.259. The molecule has 1 aliphatic carbocycles. The standard InChI is InChI=1S/C42H27N3OSe/c1-42(2)30-20-12-11-19-28(30)38-40(42)44-37(36(43-38)24-13-5-3-6-14-24)29-23-33-34(27-18-10-9-17-26(27)29)35-32(47-33)22-21-31-39(35)45-41(46-31)25-15-7-4-8-16-25/h3-23H,1-2H3. The predicted octanol–water partition coefficient (Wildman–Crippen LogP) is 10.4. The molecule has 4 nitrogen and oxygen atoms in total. The molecule has 10 rings (SSSR count). The first-order valence-corrected chi connectivity index (χ1v) is 17.6. The normalized spacial score (nSPS) is 13.5. The van der Waals surface area contributed by atoms with Crippen LogP contribution in [0.5, 0.6) is 0 Å². The summed E-state index contributed by atoms with van der Waals surface area (Å²) in [6.45, 7) is 4.54. The number of aromatic nitrogens is 3. The van der Waals surface area contributed by atoms with Crippen molar-refractivity contribution in [2.24, 2.45) is 0 Å². The molecule has 0 fully saturated rings. The Hall–Kier alpha value is -5.35. The Morgan fingerprint density at radius 2 is 1.26 bits per heavy atom. The summed E-state index contributed by atoms with van der Waals surface area (Å²) in [5.74, 6) is 0.653. The fraction of sp³-hybridized carbons (Fsp3) is 0.0714. The van der Waals surface area contributed by atoms with Crippen molar-refractivity contribution < 1.29 is 4.42 Å². The molecule has 0 spiro atoms. The van der Waals surface area contributed by atoms with Gasteiger partial charge in [-0.1, -0.05) is 0 Å². The summed E-state index contributed by atoms with van der Waals surface area (Å²) in [6, 6.07) is 44.8. The summed E-state index contributed by atoms with van der Waals surface area (Å²) in [5.41, 5.74) is 11.0. The summed E-state index contributed by atoms with van der Waals surface area (Å²) in [4.78, 5) is 16.2. The zero-order valence-corrected chi connectivity index (χ0v) is 27.5. The van der Waals surface area contributed by atoms with Gasteiger partial charge in [-0.05, 0) is 0 Å². The zero-order chi connectivity index (χ0) is 31.3.